The predicted octanol–water partition coefficient (Wildman–Crippen LogP) is 0.651. The van der Waals surface area contributed by atoms with Gasteiger partial charge in [0.05, 0.1) is 17.6 Å². The average Bonchev–Trinajstić information content (AvgIpc) is 2.77. The van der Waals surface area contributed by atoms with Gasteiger partial charge < -0.3 is 9.73 Å². The van der Waals surface area contributed by atoms with Crippen LogP contribution in [0.2, 0.25) is 0 Å². The first-order chi connectivity index (χ1) is 7.69. The lowest BCUT2D eigenvalue weighted by atomic mass is 10.4. The standard InChI is InChI=1S/C10H15N5O/c1-7-8(2)16-10(12-7)6-15-5-9(4-11-3)13-14-15/h5,11H,4,6H2,1-3H3. The van der Waals surface area contributed by atoms with E-state index in [2.05, 4.69) is 20.6 Å². The molecule has 6 nitrogen and oxygen atoms in total. The summed E-state index contributed by atoms with van der Waals surface area (Å²) in [5, 5.41) is 11.0. The van der Waals surface area contributed by atoms with E-state index in [1.807, 2.05) is 27.1 Å². The van der Waals surface area contributed by atoms with Gasteiger partial charge in [-0.2, -0.15) is 0 Å². The molecule has 0 atom stereocenters. The minimum absolute atomic E-state index is 0.519. The number of oxazole rings is 1. The molecule has 2 rings (SSSR count). The lowest BCUT2D eigenvalue weighted by Gasteiger charge is -1.94. The van der Waals surface area contributed by atoms with Crippen LogP contribution in [0, 0.1) is 13.8 Å². The molecule has 0 unspecified atom stereocenters. The van der Waals surface area contributed by atoms with Crippen molar-refractivity contribution in [1.82, 2.24) is 25.3 Å². The lowest BCUT2D eigenvalue weighted by Crippen LogP contribution is -2.05. The Bertz CT molecular complexity index is 454. The van der Waals surface area contributed by atoms with Gasteiger partial charge in [0.15, 0.2) is 0 Å². The zero-order chi connectivity index (χ0) is 11.5. The summed E-state index contributed by atoms with van der Waals surface area (Å²) in [6, 6.07) is 0. The normalized spacial score (nSPS) is 10.9. The summed E-state index contributed by atoms with van der Waals surface area (Å²) in [5.74, 6) is 1.52. The van der Waals surface area contributed by atoms with E-state index in [9.17, 15) is 0 Å². The largest absolute Gasteiger partial charge is 0.444 e. The van der Waals surface area contributed by atoms with Gasteiger partial charge in [0.1, 0.15) is 12.3 Å². The Morgan fingerprint density at radius 1 is 1.44 bits per heavy atom. The molecule has 0 saturated heterocycles. The molecule has 0 saturated carbocycles. The second kappa shape index (κ2) is 4.44. The first-order valence-corrected chi connectivity index (χ1v) is 5.15. The van der Waals surface area contributed by atoms with Crippen LogP contribution in [-0.4, -0.2) is 27.0 Å². The maximum Gasteiger partial charge on any atom is 0.216 e. The third-order valence-corrected chi connectivity index (χ3v) is 2.31. The maximum absolute atomic E-state index is 5.47. The fraction of sp³-hybridized carbons (Fsp3) is 0.500. The van der Waals surface area contributed by atoms with E-state index < -0.39 is 0 Å². The van der Waals surface area contributed by atoms with E-state index in [0.717, 1.165) is 17.1 Å². The second-order valence-corrected chi connectivity index (χ2v) is 3.69. The molecular formula is C10H15N5O. The molecular weight excluding hydrogens is 206 g/mol. The monoisotopic (exact) mass is 221 g/mol. The lowest BCUT2D eigenvalue weighted by molar-refractivity contribution is 0.442. The summed E-state index contributed by atoms with van der Waals surface area (Å²) >= 11 is 0. The first-order valence-electron chi connectivity index (χ1n) is 5.15. The highest BCUT2D eigenvalue weighted by molar-refractivity contribution is 5.05. The highest BCUT2D eigenvalue weighted by Gasteiger charge is 2.07. The number of aryl methyl sites for hydroxylation is 2. The number of aromatic nitrogens is 4. The Balaban J connectivity index is 2.08. The van der Waals surface area contributed by atoms with E-state index in [0.29, 0.717) is 19.0 Å². The van der Waals surface area contributed by atoms with Gasteiger partial charge in [0, 0.05) is 6.54 Å². The van der Waals surface area contributed by atoms with Crippen LogP contribution in [0.15, 0.2) is 10.6 Å². The van der Waals surface area contributed by atoms with E-state index in [1.165, 1.54) is 0 Å². The molecule has 0 fully saturated rings. The average molecular weight is 221 g/mol. The zero-order valence-electron chi connectivity index (χ0n) is 9.69. The summed E-state index contributed by atoms with van der Waals surface area (Å²) < 4.78 is 7.19. The predicted molar refractivity (Wildman–Crippen MR) is 57.9 cm³/mol. The van der Waals surface area contributed by atoms with Crippen LogP contribution in [0.4, 0.5) is 0 Å². The molecule has 0 radical (unpaired) electrons. The molecule has 6 heteroatoms. The van der Waals surface area contributed by atoms with Gasteiger partial charge in [-0.1, -0.05) is 5.21 Å². The fourth-order valence-corrected chi connectivity index (χ4v) is 1.42. The van der Waals surface area contributed by atoms with Crippen molar-refractivity contribution in [1.29, 1.82) is 0 Å². The maximum atomic E-state index is 5.47. The fourth-order valence-electron chi connectivity index (χ4n) is 1.42. The highest BCUT2D eigenvalue weighted by atomic mass is 16.4. The molecule has 1 N–H and O–H groups in total. The van der Waals surface area contributed by atoms with E-state index >= 15 is 0 Å². The molecule has 0 aromatic carbocycles. The van der Waals surface area contributed by atoms with Crippen molar-refractivity contribution in [3.05, 3.63) is 29.2 Å². The summed E-state index contributed by atoms with van der Waals surface area (Å²) in [7, 11) is 1.87. The SMILES string of the molecule is CNCc1cn(Cc2nc(C)c(C)o2)nn1. The number of nitrogens with one attached hydrogen (secondary N) is 1. The first kappa shape index (κ1) is 10.8. The Morgan fingerprint density at radius 2 is 2.25 bits per heavy atom. The van der Waals surface area contributed by atoms with E-state index in [-0.39, 0.29) is 0 Å². The van der Waals surface area contributed by atoms with Crippen LogP contribution in [0.25, 0.3) is 0 Å². The molecule has 0 spiro atoms. The summed E-state index contributed by atoms with van der Waals surface area (Å²) in [6.45, 7) is 5.06. The van der Waals surface area contributed by atoms with Crippen molar-refractivity contribution in [2.24, 2.45) is 0 Å². The molecule has 16 heavy (non-hydrogen) atoms. The van der Waals surface area contributed by atoms with Gasteiger partial charge in [-0.25, -0.2) is 9.67 Å². The van der Waals surface area contributed by atoms with E-state index in [1.54, 1.807) is 4.68 Å². The van der Waals surface area contributed by atoms with Gasteiger partial charge in [0.25, 0.3) is 0 Å². The van der Waals surface area contributed by atoms with Gasteiger partial charge in [-0.3, -0.25) is 0 Å². The smallest absolute Gasteiger partial charge is 0.216 e. The minimum Gasteiger partial charge on any atom is -0.444 e. The highest BCUT2D eigenvalue weighted by Crippen LogP contribution is 2.09. The molecule has 0 aliphatic heterocycles. The molecule has 0 amide bonds. The van der Waals surface area contributed by atoms with Gasteiger partial charge in [-0.15, -0.1) is 5.10 Å². The molecule has 0 bridgehead atoms. The molecule has 0 aliphatic carbocycles. The Kier molecular flexibility index (Phi) is 3.00. The number of nitrogens with zero attached hydrogens (tertiary/aromatic N) is 4. The van der Waals surface area contributed by atoms with Crippen molar-refractivity contribution >= 4 is 0 Å². The Hall–Kier alpha value is -1.69. The number of hydrogen-bond donors (Lipinski definition) is 1. The van der Waals surface area contributed by atoms with Gasteiger partial charge >= 0.3 is 0 Å². The van der Waals surface area contributed by atoms with Crippen molar-refractivity contribution in [3.8, 4) is 0 Å². The van der Waals surface area contributed by atoms with Crippen molar-refractivity contribution in [2.75, 3.05) is 7.05 Å². The Morgan fingerprint density at radius 3 is 2.88 bits per heavy atom. The molecule has 86 valence electrons. The molecule has 2 heterocycles. The quantitative estimate of drug-likeness (QED) is 0.821. The summed E-state index contributed by atoms with van der Waals surface area (Å²) in [6.07, 6.45) is 1.88. The van der Waals surface area contributed by atoms with Gasteiger partial charge in [-0.05, 0) is 20.9 Å². The van der Waals surface area contributed by atoms with Crippen LogP contribution >= 0.6 is 0 Å². The molecule has 2 aromatic heterocycles. The van der Waals surface area contributed by atoms with Crippen LogP contribution < -0.4 is 5.32 Å². The number of rotatable bonds is 4. The van der Waals surface area contributed by atoms with Crippen LogP contribution in [-0.2, 0) is 13.1 Å². The van der Waals surface area contributed by atoms with Gasteiger partial charge in [0.2, 0.25) is 5.89 Å². The summed E-state index contributed by atoms with van der Waals surface area (Å²) in [4.78, 5) is 4.29. The van der Waals surface area contributed by atoms with Crippen LogP contribution in [0.1, 0.15) is 23.0 Å². The van der Waals surface area contributed by atoms with E-state index in [4.69, 9.17) is 4.42 Å². The van der Waals surface area contributed by atoms with Crippen LogP contribution in [0.3, 0.4) is 0 Å². The second-order valence-electron chi connectivity index (χ2n) is 3.69. The third kappa shape index (κ3) is 2.27. The molecule has 2 aromatic rings. The Labute approximate surface area is 93.7 Å². The summed E-state index contributed by atoms with van der Waals surface area (Å²) in [5.41, 5.74) is 1.83. The van der Waals surface area contributed by atoms with Crippen LogP contribution in [0.5, 0.6) is 0 Å². The number of hydrogen-bond acceptors (Lipinski definition) is 5. The van der Waals surface area contributed by atoms with Crippen molar-refractivity contribution in [3.63, 3.8) is 0 Å². The zero-order valence-corrected chi connectivity index (χ0v) is 9.69. The third-order valence-electron chi connectivity index (χ3n) is 2.31. The van der Waals surface area contributed by atoms with Crippen molar-refractivity contribution in [2.45, 2.75) is 26.9 Å². The minimum atomic E-state index is 0.519. The topological polar surface area (TPSA) is 68.8 Å². The van der Waals surface area contributed by atoms with Crippen molar-refractivity contribution < 1.29 is 4.42 Å². The molecule has 0 aliphatic rings.